The fraction of sp³-hybridized carbons (Fsp3) is 0.538. The van der Waals surface area contributed by atoms with E-state index in [1.807, 2.05) is 0 Å². The molecule has 0 aromatic heterocycles. The quantitative estimate of drug-likeness (QED) is 0.851. The molecular formula is C13H19NO3S. The second-order valence-electron chi connectivity index (χ2n) is 4.98. The van der Waals surface area contributed by atoms with E-state index in [0.717, 1.165) is 19.3 Å². The summed E-state index contributed by atoms with van der Waals surface area (Å²) >= 11 is 0. The molecule has 0 spiro atoms. The second-order valence-corrected chi connectivity index (χ2v) is 6.97. The lowest BCUT2D eigenvalue weighted by molar-refractivity contribution is 0.413. The first kappa shape index (κ1) is 13.4. The van der Waals surface area contributed by atoms with Gasteiger partial charge in [-0.1, -0.05) is 6.07 Å². The lowest BCUT2D eigenvalue weighted by Gasteiger charge is -2.14. The Morgan fingerprint density at radius 3 is 2.67 bits per heavy atom. The summed E-state index contributed by atoms with van der Waals surface area (Å²) in [7, 11) is -1.72. The van der Waals surface area contributed by atoms with Crippen LogP contribution in [-0.4, -0.2) is 27.8 Å². The molecular weight excluding hydrogens is 250 g/mol. The van der Waals surface area contributed by atoms with Crippen molar-refractivity contribution in [3.63, 3.8) is 0 Å². The molecule has 0 heterocycles. The minimum Gasteiger partial charge on any atom is -0.497 e. The van der Waals surface area contributed by atoms with E-state index in [9.17, 15) is 8.42 Å². The number of benzene rings is 1. The van der Waals surface area contributed by atoms with Gasteiger partial charge in [0.05, 0.1) is 17.8 Å². The van der Waals surface area contributed by atoms with Crippen molar-refractivity contribution >= 4 is 9.84 Å². The molecule has 0 unspecified atom stereocenters. The summed E-state index contributed by atoms with van der Waals surface area (Å²) in [5.41, 5.74) is 5.47. The Labute approximate surface area is 108 Å². The fourth-order valence-corrected chi connectivity index (χ4v) is 4.22. The van der Waals surface area contributed by atoms with E-state index >= 15 is 0 Å². The van der Waals surface area contributed by atoms with Crippen molar-refractivity contribution < 1.29 is 13.2 Å². The van der Waals surface area contributed by atoms with Crippen molar-refractivity contribution in [2.24, 2.45) is 11.1 Å². The van der Waals surface area contributed by atoms with E-state index in [0.29, 0.717) is 17.2 Å². The highest BCUT2D eigenvalue weighted by Crippen LogP contribution is 2.50. The molecule has 4 nitrogen and oxygen atoms in total. The lowest BCUT2D eigenvalue weighted by Crippen LogP contribution is -2.20. The average Bonchev–Trinajstić information content (AvgIpc) is 3.08. The molecule has 1 fully saturated rings. The van der Waals surface area contributed by atoms with Gasteiger partial charge in [-0.15, -0.1) is 0 Å². The first-order valence-corrected chi connectivity index (χ1v) is 7.73. The van der Waals surface area contributed by atoms with Gasteiger partial charge in [0.1, 0.15) is 5.75 Å². The van der Waals surface area contributed by atoms with E-state index in [4.69, 9.17) is 10.5 Å². The minimum atomic E-state index is -3.25. The van der Waals surface area contributed by atoms with Crippen molar-refractivity contribution in [2.75, 3.05) is 19.4 Å². The molecule has 5 heteroatoms. The molecule has 18 heavy (non-hydrogen) atoms. The third kappa shape index (κ3) is 2.84. The van der Waals surface area contributed by atoms with Crippen LogP contribution < -0.4 is 10.5 Å². The van der Waals surface area contributed by atoms with E-state index in [2.05, 4.69) is 0 Å². The van der Waals surface area contributed by atoms with E-state index in [-0.39, 0.29) is 11.2 Å². The molecule has 0 saturated heterocycles. The third-order valence-corrected chi connectivity index (χ3v) is 5.49. The zero-order chi connectivity index (χ0) is 13.2. The summed E-state index contributed by atoms with van der Waals surface area (Å²) in [5, 5.41) is 0. The zero-order valence-corrected chi connectivity index (χ0v) is 11.4. The molecule has 0 atom stereocenters. The minimum absolute atomic E-state index is 0.0728. The Hall–Kier alpha value is -1.07. The summed E-state index contributed by atoms with van der Waals surface area (Å²) in [5.74, 6) is 0.768. The second kappa shape index (κ2) is 4.90. The van der Waals surface area contributed by atoms with Crippen LogP contribution in [0.1, 0.15) is 19.3 Å². The standard InChI is InChI=1S/C13H19NO3S/c1-17-11-3-2-4-12(9-11)18(15,16)10-13(5-6-13)7-8-14/h2-4,9H,5-8,10,14H2,1H3. The number of hydrogen-bond acceptors (Lipinski definition) is 4. The van der Waals surface area contributed by atoms with Crippen molar-refractivity contribution in [1.29, 1.82) is 0 Å². The van der Waals surface area contributed by atoms with Crippen molar-refractivity contribution in [1.82, 2.24) is 0 Å². The summed E-state index contributed by atoms with van der Waals surface area (Å²) < 4.78 is 29.7. The van der Waals surface area contributed by atoms with Crippen LogP contribution in [0.15, 0.2) is 29.2 Å². The van der Waals surface area contributed by atoms with E-state index in [1.54, 1.807) is 24.3 Å². The predicted octanol–water partition coefficient (Wildman–Crippen LogP) is 1.60. The number of rotatable bonds is 6. The summed E-state index contributed by atoms with van der Waals surface area (Å²) in [6, 6.07) is 6.64. The van der Waals surface area contributed by atoms with Gasteiger partial charge in [0, 0.05) is 0 Å². The molecule has 0 radical (unpaired) electrons. The van der Waals surface area contributed by atoms with Gasteiger partial charge in [-0.2, -0.15) is 0 Å². The lowest BCUT2D eigenvalue weighted by atomic mass is 10.1. The summed E-state index contributed by atoms with van der Waals surface area (Å²) in [4.78, 5) is 0.338. The predicted molar refractivity (Wildman–Crippen MR) is 70.4 cm³/mol. The van der Waals surface area contributed by atoms with Crippen LogP contribution in [-0.2, 0) is 9.84 Å². The number of sulfone groups is 1. The van der Waals surface area contributed by atoms with Gasteiger partial charge >= 0.3 is 0 Å². The maximum Gasteiger partial charge on any atom is 0.179 e. The van der Waals surface area contributed by atoms with Gasteiger partial charge < -0.3 is 10.5 Å². The summed E-state index contributed by atoms with van der Waals surface area (Å²) in [6.45, 7) is 0.549. The third-order valence-electron chi connectivity index (χ3n) is 3.53. The van der Waals surface area contributed by atoms with Crippen molar-refractivity contribution in [2.45, 2.75) is 24.2 Å². The number of hydrogen-bond donors (Lipinski definition) is 1. The Balaban J connectivity index is 2.20. The first-order chi connectivity index (χ1) is 8.51. The highest BCUT2D eigenvalue weighted by Gasteiger charge is 2.45. The molecule has 1 aliphatic carbocycles. The normalized spacial score (nSPS) is 17.4. The molecule has 1 aromatic carbocycles. The van der Waals surface area contributed by atoms with Gasteiger partial charge in [0.25, 0.3) is 0 Å². The SMILES string of the molecule is COc1cccc(S(=O)(=O)CC2(CCN)CC2)c1. The van der Waals surface area contributed by atoms with E-state index < -0.39 is 9.84 Å². The smallest absolute Gasteiger partial charge is 0.179 e. The monoisotopic (exact) mass is 269 g/mol. The van der Waals surface area contributed by atoms with Crippen LogP contribution >= 0.6 is 0 Å². The van der Waals surface area contributed by atoms with Crippen LogP contribution in [0.4, 0.5) is 0 Å². The molecule has 0 amide bonds. The molecule has 1 aromatic rings. The Morgan fingerprint density at radius 1 is 1.39 bits per heavy atom. The molecule has 1 saturated carbocycles. The maximum absolute atomic E-state index is 12.3. The molecule has 2 N–H and O–H groups in total. The Kier molecular flexibility index (Phi) is 3.64. The zero-order valence-electron chi connectivity index (χ0n) is 10.6. The molecule has 0 bridgehead atoms. The van der Waals surface area contributed by atoms with Gasteiger partial charge in [0.2, 0.25) is 0 Å². The van der Waals surface area contributed by atoms with Crippen LogP contribution in [0.3, 0.4) is 0 Å². The van der Waals surface area contributed by atoms with Crippen molar-refractivity contribution in [3.8, 4) is 5.75 Å². The van der Waals surface area contributed by atoms with Crippen LogP contribution in [0.2, 0.25) is 0 Å². The van der Waals surface area contributed by atoms with Crippen molar-refractivity contribution in [3.05, 3.63) is 24.3 Å². The van der Waals surface area contributed by atoms with Gasteiger partial charge in [-0.25, -0.2) is 8.42 Å². The maximum atomic E-state index is 12.3. The molecule has 2 rings (SSSR count). The number of ether oxygens (including phenoxy) is 1. The van der Waals surface area contributed by atoms with Gasteiger partial charge in [0.15, 0.2) is 9.84 Å². The Morgan fingerprint density at radius 2 is 2.11 bits per heavy atom. The van der Waals surface area contributed by atoms with Gasteiger partial charge in [-0.05, 0) is 49.4 Å². The Bertz CT molecular complexity index is 521. The van der Waals surface area contributed by atoms with E-state index in [1.165, 1.54) is 7.11 Å². The largest absolute Gasteiger partial charge is 0.497 e. The first-order valence-electron chi connectivity index (χ1n) is 6.08. The van der Waals surface area contributed by atoms with Crippen LogP contribution in [0.5, 0.6) is 5.75 Å². The number of nitrogens with two attached hydrogens (primary N) is 1. The molecule has 0 aliphatic heterocycles. The highest BCUT2D eigenvalue weighted by atomic mass is 32.2. The fourth-order valence-electron chi connectivity index (χ4n) is 2.23. The average molecular weight is 269 g/mol. The topological polar surface area (TPSA) is 69.4 Å². The number of methoxy groups -OCH3 is 1. The van der Waals surface area contributed by atoms with Crippen LogP contribution in [0, 0.1) is 5.41 Å². The summed E-state index contributed by atoms with van der Waals surface area (Å²) in [6.07, 6.45) is 2.72. The van der Waals surface area contributed by atoms with Gasteiger partial charge in [-0.3, -0.25) is 0 Å². The molecule has 100 valence electrons. The molecule has 1 aliphatic rings. The van der Waals surface area contributed by atoms with Crippen LogP contribution in [0.25, 0.3) is 0 Å². The highest BCUT2D eigenvalue weighted by molar-refractivity contribution is 7.91.